The van der Waals surface area contributed by atoms with Gasteiger partial charge in [-0.05, 0) is 18.8 Å². The summed E-state index contributed by atoms with van der Waals surface area (Å²) in [6.07, 6.45) is 3.09. The first-order valence-corrected chi connectivity index (χ1v) is 7.69. The molecule has 0 atom stereocenters. The number of hydrogen-bond donors (Lipinski definition) is 0. The van der Waals surface area contributed by atoms with Gasteiger partial charge in [0.15, 0.2) is 0 Å². The van der Waals surface area contributed by atoms with Gasteiger partial charge in [0, 0.05) is 30.8 Å². The molecule has 1 aromatic rings. The van der Waals surface area contributed by atoms with Crippen LogP contribution in [0.4, 0.5) is 0 Å². The lowest BCUT2D eigenvalue weighted by Gasteiger charge is -2.07. The van der Waals surface area contributed by atoms with Crippen LogP contribution in [0.25, 0.3) is 0 Å². The summed E-state index contributed by atoms with van der Waals surface area (Å²) in [5.41, 5.74) is 0. The fourth-order valence-corrected chi connectivity index (χ4v) is 2.58. The molecule has 1 aromatic heterocycles. The first-order chi connectivity index (χ1) is 8.02. The molecule has 0 bridgehead atoms. The van der Waals surface area contributed by atoms with E-state index in [1.54, 1.807) is 7.11 Å². The van der Waals surface area contributed by atoms with Gasteiger partial charge in [0.05, 0.1) is 6.61 Å². The van der Waals surface area contributed by atoms with Crippen molar-refractivity contribution >= 4 is 19.7 Å². The third-order valence-corrected chi connectivity index (χ3v) is 3.85. The zero-order valence-electron chi connectivity index (χ0n) is 9.47. The minimum absolute atomic E-state index is 0.188. The molecule has 1 saturated carbocycles. The predicted octanol–water partition coefficient (Wildman–Crippen LogP) is 0.805. The molecular weight excluding hydrogens is 266 g/mol. The number of rotatable bonds is 6. The highest BCUT2D eigenvalue weighted by molar-refractivity contribution is 8.13. The fourth-order valence-electron chi connectivity index (χ4n) is 1.64. The lowest BCUT2D eigenvalue weighted by Crippen LogP contribution is -2.13. The summed E-state index contributed by atoms with van der Waals surface area (Å²) in [4.78, 5) is 0. The van der Waals surface area contributed by atoms with Crippen molar-refractivity contribution in [1.82, 2.24) is 14.8 Å². The van der Waals surface area contributed by atoms with Gasteiger partial charge in [-0.2, -0.15) is 0 Å². The Morgan fingerprint density at radius 3 is 2.71 bits per heavy atom. The Hall–Kier alpha value is -0.660. The van der Waals surface area contributed by atoms with Crippen LogP contribution in [-0.2, 0) is 26.8 Å². The molecule has 0 N–H and O–H groups in total. The number of nitrogens with zero attached hydrogens (tertiary/aromatic N) is 3. The number of methoxy groups -OCH3 is 1. The molecule has 1 aliphatic rings. The van der Waals surface area contributed by atoms with E-state index in [-0.39, 0.29) is 5.16 Å². The summed E-state index contributed by atoms with van der Waals surface area (Å²) in [5.74, 6) is 1.27. The van der Waals surface area contributed by atoms with Crippen LogP contribution in [0.1, 0.15) is 18.7 Å². The van der Waals surface area contributed by atoms with Crippen LogP contribution in [0, 0.1) is 5.92 Å². The zero-order valence-corrected chi connectivity index (χ0v) is 11.0. The van der Waals surface area contributed by atoms with E-state index in [1.165, 1.54) is 17.4 Å². The Kier molecular flexibility index (Phi) is 3.70. The maximum Gasteiger partial charge on any atom is 0.296 e. The number of ether oxygens (including phenoxy) is 1. The number of aromatic nitrogens is 3. The Balaban J connectivity index is 2.28. The molecule has 6 nitrogen and oxygen atoms in total. The van der Waals surface area contributed by atoms with Gasteiger partial charge in [0.2, 0.25) is 0 Å². The fraction of sp³-hybridized carbons (Fsp3) is 0.778. The second kappa shape index (κ2) is 4.91. The minimum atomic E-state index is -3.85. The van der Waals surface area contributed by atoms with Crippen LogP contribution in [0.5, 0.6) is 0 Å². The summed E-state index contributed by atoms with van der Waals surface area (Å²) in [7, 11) is 3.02. The van der Waals surface area contributed by atoms with Crippen LogP contribution in [-0.4, -0.2) is 36.9 Å². The lowest BCUT2D eigenvalue weighted by molar-refractivity contribution is 0.183. The molecule has 0 saturated heterocycles. The van der Waals surface area contributed by atoms with Crippen molar-refractivity contribution in [2.75, 3.05) is 13.7 Å². The first kappa shape index (κ1) is 12.8. The molecule has 0 spiro atoms. The monoisotopic (exact) mass is 279 g/mol. The molecule has 0 aromatic carbocycles. The van der Waals surface area contributed by atoms with Crippen LogP contribution in [0.3, 0.4) is 0 Å². The van der Waals surface area contributed by atoms with Crippen molar-refractivity contribution in [1.29, 1.82) is 0 Å². The van der Waals surface area contributed by atoms with Crippen LogP contribution in [0.2, 0.25) is 0 Å². The molecule has 2 rings (SSSR count). The normalized spacial score (nSPS) is 16.4. The largest absolute Gasteiger partial charge is 0.383 e. The number of hydrogen-bond acceptors (Lipinski definition) is 5. The van der Waals surface area contributed by atoms with Crippen molar-refractivity contribution in [2.45, 2.75) is 31.0 Å². The lowest BCUT2D eigenvalue weighted by atomic mass is 10.3. The third-order valence-electron chi connectivity index (χ3n) is 2.70. The molecular formula is C9H14ClN3O3S. The maximum absolute atomic E-state index is 11.3. The van der Waals surface area contributed by atoms with E-state index in [2.05, 4.69) is 10.2 Å². The van der Waals surface area contributed by atoms with E-state index in [1.807, 2.05) is 0 Å². The van der Waals surface area contributed by atoms with E-state index in [0.717, 1.165) is 6.42 Å². The van der Waals surface area contributed by atoms with Gasteiger partial charge in [-0.25, -0.2) is 8.42 Å². The van der Waals surface area contributed by atoms with E-state index in [0.29, 0.717) is 24.9 Å². The maximum atomic E-state index is 11.3. The molecule has 0 aliphatic heterocycles. The predicted molar refractivity (Wildman–Crippen MR) is 61.4 cm³/mol. The van der Waals surface area contributed by atoms with E-state index in [4.69, 9.17) is 15.4 Å². The quantitative estimate of drug-likeness (QED) is 0.720. The SMILES string of the molecule is COCCn1c(CC2CC2)nnc1S(=O)(=O)Cl. The van der Waals surface area contributed by atoms with Crippen LogP contribution >= 0.6 is 10.7 Å². The average molecular weight is 280 g/mol. The molecule has 1 fully saturated rings. The smallest absolute Gasteiger partial charge is 0.296 e. The molecule has 17 heavy (non-hydrogen) atoms. The van der Waals surface area contributed by atoms with Crippen molar-refractivity contribution < 1.29 is 13.2 Å². The topological polar surface area (TPSA) is 74.1 Å². The molecule has 0 amide bonds. The Morgan fingerprint density at radius 1 is 1.47 bits per heavy atom. The summed E-state index contributed by atoms with van der Waals surface area (Å²) >= 11 is 0. The minimum Gasteiger partial charge on any atom is -0.383 e. The summed E-state index contributed by atoms with van der Waals surface area (Å²) in [5, 5.41) is 7.38. The van der Waals surface area contributed by atoms with Gasteiger partial charge in [0.1, 0.15) is 5.82 Å². The standard InChI is InChI=1S/C9H14ClN3O3S/c1-16-5-4-13-8(6-7-2-3-7)11-12-9(13)17(10,14)15/h7H,2-6H2,1H3. The molecule has 1 heterocycles. The van der Waals surface area contributed by atoms with Crippen molar-refractivity contribution in [2.24, 2.45) is 5.92 Å². The summed E-state index contributed by atoms with van der Waals surface area (Å²) in [6.45, 7) is 0.794. The van der Waals surface area contributed by atoms with Gasteiger partial charge >= 0.3 is 0 Å². The Morgan fingerprint density at radius 2 is 2.18 bits per heavy atom. The molecule has 0 radical (unpaired) electrons. The van der Waals surface area contributed by atoms with Crippen molar-refractivity contribution in [3.05, 3.63) is 5.82 Å². The third kappa shape index (κ3) is 3.17. The highest BCUT2D eigenvalue weighted by Gasteiger charge is 2.28. The van der Waals surface area contributed by atoms with Gasteiger partial charge in [-0.15, -0.1) is 10.2 Å². The van der Waals surface area contributed by atoms with Crippen molar-refractivity contribution in [3.8, 4) is 0 Å². The Labute approximate surface area is 104 Å². The van der Waals surface area contributed by atoms with E-state index in [9.17, 15) is 8.42 Å². The Bertz CT molecular complexity index is 496. The highest BCUT2D eigenvalue weighted by Crippen LogP contribution is 2.32. The zero-order chi connectivity index (χ0) is 12.5. The second-order valence-corrected chi connectivity index (χ2v) is 6.59. The van der Waals surface area contributed by atoms with Crippen molar-refractivity contribution in [3.63, 3.8) is 0 Å². The average Bonchev–Trinajstić information content (AvgIpc) is 2.94. The van der Waals surface area contributed by atoms with Gasteiger partial charge < -0.3 is 4.74 Å². The highest BCUT2D eigenvalue weighted by atomic mass is 35.7. The van der Waals surface area contributed by atoms with E-state index >= 15 is 0 Å². The van der Waals surface area contributed by atoms with Gasteiger partial charge in [-0.3, -0.25) is 4.57 Å². The molecule has 96 valence electrons. The van der Waals surface area contributed by atoms with E-state index < -0.39 is 9.05 Å². The van der Waals surface area contributed by atoms with Crippen LogP contribution in [0.15, 0.2) is 5.16 Å². The van der Waals surface area contributed by atoms with Gasteiger partial charge in [-0.1, -0.05) is 0 Å². The second-order valence-electron chi connectivity index (χ2n) is 4.13. The summed E-state index contributed by atoms with van der Waals surface area (Å²) < 4.78 is 29.1. The summed E-state index contributed by atoms with van der Waals surface area (Å²) in [6, 6.07) is 0. The van der Waals surface area contributed by atoms with Gasteiger partial charge in [0.25, 0.3) is 14.2 Å². The van der Waals surface area contributed by atoms with Crippen LogP contribution < -0.4 is 0 Å². The molecule has 0 unspecified atom stereocenters. The number of halogens is 1. The molecule has 8 heteroatoms. The first-order valence-electron chi connectivity index (χ1n) is 5.38. The molecule has 1 aliphatic carbocycles.